The molecule has 0 aromatic rings. The molecule has 0 radical (unpaired) electrons. The van der Waals surface area contributed by atoms with Crippen molar-refractivity contribution in [1.29, 1.82) is 0 Å². The third-order valence-electron chi connectivity index (χ3n) is 4.45. The molecule has 0 aliphatic carbocycles. The lowest BCUT2D eigenvalue weighted by atomic mass is 9.97. The van der Waals surface area contributed by atoms with E-state index in [4.69, 9.17) is 0 Å². The van der Waals surface area contributed by atoms with E-state index >= 15 is 0 Å². The van der Waals surface area contributed by atoms with Crippen molar-refractivity contribution in [3.63, 3.8) is 0 Å². The summed E-state index contributed by atoms with van der Waals surface area (Å²) in [5, 5.41) is 3.47. The first-order valence-electron chi connectivity index (χ1n) is 8.04. The van der Waals surface area contributed by atoms with Gasteiger partial charge >= 0.3 is 0 Å². The van der Waals surface area contributed by atoms with Gasteiger partial charge in [0.2, 0.25) is 0 Å². The third-order valence-corrected chi connectivity index (χ3v) is 4.45. The molecule has 0 atom stereocenters. The molecule has 0 amide bonds. The van der Waals surface area contributed by atoms with E-state index in [0.29, 0.717) is 0 Å². The van der Waals surface area contributed by atoms with Crippen LogP contribution >= 0.6 is 0 Å². The van der Waals surface area contributed by atoms with Gasteiger partial charge in [-0.25, -0.2) is 0 Å². The van der Waals surface area contributed by atoms with Gasteiger partial charge in [0, 0.05) is 19.6 Å². The van der Waals surface area contributed by atoms with Crippen molar-refractivity contribution in [3.05, 3.63) is 0 Å². The van der Waals surface area contributed by atoms with Crippen molar-refractivity contribution in [3.8, 4) is 0 Å². The molecular weight excluding hydrogens is 222 g/mol. The van der Waals surface area contributed by atoms with Crippen LogP contribution < -0.4 is 5.32 Å². The average Bonchev–Trinajstić information content (AvgIpc) is 2.91. The van der Waals surface area contributed by atoms with Crippen LogP contribution in [0.4, 0.5) is 0 Å². The summed E-state index contributed by atoms with van der Waals surface area (Å²) in [5.74, 6) is 0.941. The van der Waals surface area contributed by atoms with Crippen LogP contribution in [0.1, 0.15) is 39.0 Å². The number of nitrogens with zero attached hydrogens (tertiary/aromatic N) is 2. The standard InChI is InChI=1S/C15H31N3/c1-2-9-18(13-12-17-10-3-4-11-17)14-15-5-7-16-8-6-15/h15-16H,2-14H2,1H3. The van der Waals surface area contributed by atoms with E-state index < -0.39 is 0 Å². The molecule has 0 saturated carbocycles. The van der Waals surface area contributed by atoms with E-state index in [2.05, 4.69) is 22.0 Å². The first-order valence-corrected chi connectivity index (χ1v) is 8.04. The molecule has 2 aliphatic rings. The van der Waals surface area contributed by atoms with Gasteiger partial charge < -0.3 is 15.1 Å². The maximum Gasteiger partial charge on any atom is 0.0109 e. The topological polar surface area (TPSA) is 18.5 Å². The van der Waals surface area contributed by atoms with Gasteiger partial charge in [-0.1, -0.05) is 6.92 Å². The minimum absolute atomic E-state index is 0.941. The van der Waals surface area contributed by atoms with Crippen molar-refractivity contribution >= 4 is 0 Å². The first kappa shape index (κ1) is 14.3. The Hall–Kier alpha value is -0.120. The molecule has 2 saturated heterocycles. The Balaban J connectivity index is 1.68. The maximum absolute atomic E-state index is 3.47. The van der Waals surface area contributed by atoms with Gasteiger partial charge in [0.1, 0.15) is 0 Å². The van der Waals surface area contributed by atoms with Gasteiger partial charge in [-0.05, 0) is 70.7 Å². The van der Waals surface area contributed by atoms with Crippen LogP contribution in [0.3, 0.4) is 0 Å². The van der Waals surface area contributed by atoms with Gasteiger partial charge in [0.15, 0.2) is 0 Å². The van der Waals surface area contributed by atoms with Crippen molar-refractivity contribution in [2.45, 2.75) is 39.0 Å². The molecule has 0 bridgehead atoms. The fourth-order valence-corrected chi connectivity index (χ4v) is 3.33. The van der Waals surface area contributed by atoms with Crippen LogP contribution in [0.2, 0.25) is 0 Å². The molecule has 2 aliphatic heterocycles. The van der Waals surface area contributed by atoms with Gasteiger partial charge in [-0.3, -0.25) is 0 Å². The lowest BCUT2D eigenvalue weighted by molar-refractivity contribution is 0.182. The SMILES string of the molecule is CCCN(CCN1CCCC1)CC1CCNCC1. The second-order valence-corrected chi connectivity index (χ2v) is 6.04. The van der Waals surface area contributed by atoms with Crippen LogP contribution in [0, 0.1) is 5.92 Å². The molecule has 0 spiro atoms. The molecule has 0 aromatic carbocycles. The first-order chi connectivity index (χ1) is 8.88. The van der Waals surface area contributed by atoms with E-state index in [9.17, 15) is 0 Å². The highest BCUT2D eigenvalue weighted by Crippen LogP contribution is 2.14. The minimum atomic E-state index is 0.941. The molecule has 1 N–H and O–H groups in total. The second kappa shape index (κ2) is 8.13. The summed E-state index contributed by atoms with van der Waals surface area (Å²) in [6, 6.07) is 0. The smallest absolute Gasteiger partial charge is 0.0109 e. The summed E-state index contributed by atoms with van der Waals surface area (Å²) in [4.78, 5) is 5.36. The molecule has 2 fully saturated rings. The van der Waals surface area contributed by atoms with Crippen molar-refractivity contribution in [2.24, 2.45) is 5.92 Å². The molecular formula is C15H31N3. The zero-order valence-corrected chi connectivity index (χ0v) is 12.2. The number of likely N-dealkylation sites (tertiary alicyclic amines) is 1. The van der Waals surface area contributed by atoms with Crippen LogP contribution in [0.5, 0.6) is 0 Å². The molecule has 3 nitrogen and oxygen atoms in total. The van der Waals surface area contributed by atoms with Crippen LogP contribution in [-0.4, -0.2) is 62.2 Å². The normalized spacial score (nSPS) is 23.0. The fourth-order valence-electron chi connectivity index (χ4n) is 3.33. The van der Waals surface area contributed by atoms with Crippen LogP contribution in [0.15, 0.2) is 0 Å². The number of hydrogen-bond donors (Lipinski definition) is 1. The highest BCUT2D eigenvalue weighted by atomic mass is 15.2. The van der Waals surface area contributed by atoms with Crippen LogP contribution in [0.25, 0.3) is 0 Å². The van der Waals surface area contributed by atoms with Crippen molar-refractivity contribution in [2.75, 3.05) is 52.4 Å². The third kappa shape index (κ3) is 4.87. The largest absolute Gasteiger partial charge is 0.317 e. The van der Waals surface area contributed by atoms with Gasteiger partial charge in [-0.15, -0.1) is 0 Å². The van der Waals surface area contributed by atoms with E-state index in [1.54, 1.807) is 0 Å². The Morgan fingerprint density at radius 3 is 2.50 bits per heavy atom. The minimum Gasteiger partial charge on any atom is -0.317 e. The Labute approximate surface area is 113 Å². The van der Waals surface area contributed by atoms with E-state index in [0.717, 1.165) is 5.92 Å². The predicted molar refractivity (Wildman–Crippen MR) is 78.0 cm³/mol. The summed E-state index contributed by atoms with van der Waals surface area (Å²) in [5.41, 5.74) is 0. The maximum atomic E-state index is 3.47. The zero-order valence-electron chi connectivity index (χ0n) is 12.2. The van der Waals surface area contributed by atoms with E-state index in [-0.39, 0.29) is 0 Å². The lowest BCUT2D eigenvalue weighted by Crippen LogP contribution is -2.40. The molecule has 2 heterocycles. The zero-order chi connectivity index (χ0) is 12.6. The second-order valence-electron chi connectivity index (χ2n) is 6.04. The van der Waals surface area contributed by atoms with Gasteiger partial charge in [0.25, 0.3) is 0 Å². The van der Waals surface area contributed by atoms with Crippen LogP contribution in [-0.2, 0) is 0 Å². The number of nitrogens with one attached hydrogen (secondary N) is 1. The summed E-state index contributed by atoms with van der Waals surface area (Å²) in [6.45, 7) is 12.7. The lowest BCUT2D eigenvalue weighted by Gasteiger charge is -2.31. The summed E-state index contributed by atoms with van der Waals surface area (Å²) in [7, 11) is 0. The highest BCUT2D eigenvalue weighted by Gasteiger charge is 2.18. The van der Waals surface area contributed by atoms with Crippen molar-refractivity contribution in [1.82, 2.24) is 15.1 Å². The van der Waals surface area contributed by atoms with Gasteiger partial charge in [-0.2, -0.15) is 0 Å². The molecule has 106 valence electrons. The fraction of sp³-hybridized carbons (Fsp3) is 1.00. The average molecular weight is 253 g/mol. The predicted octanol–water partition coefficient (Wildman–Crippen LogP) is 1.79. The highest BCUT2D eigenvalue weighted by molar-refractivity contribution is 4.74. The van der Waals surface area contributed by atoms with Crippen molar-refractivity contribution < 1.29 is 0 Å². The molecule has 18 heavy (non-hydrogen) atoms. The summed E-state index contributed by atoms with van der Waals surface area (Å²) in [6.07, 6.45) is 6.89. The number of rotatable bonds is 7. The number of piperidine rings is 1. The van der Waals surface area contributed by atoms with E-state index in [1.807, 2.05) is 0 Å². The Kier molecular flexibility index (Phi) is 6.46. The Morgan fingerprint density at radius 1 is 1.11 bits per heavy atom. The Morgan fingerprint density at radius 2 is 1.83 bits per heavy atom. The van der Waals surface area contributed by atoms with Gasteiger partial charge in [0.05, 0.1) is 0 Å². The Bertz CT molecular complexity index is 208. The molecule has 3 heteroatoms. The summed E-state index contributed by atoms with van der Waals surface area (Å²) >= 11 is 0. The summed E-state index contributed by atoms with van der Waals surface area (Å²) < 4.78 is 0. The monoisotopic (exact) mass is 253 g/mol. The van der Waals surface area contributed by atoms with E-state index in [1.165, 1.54) is 84.5 Å². The quantitative estimate of drug-likeness (QED) is 0.746. The molecule has 0 aromatic heterocycles. The number of hydrogen-bond acceptors (Lipinski definition) is 3. The molecule has 0 unspecified atom stereocenters. The molecule has 2 rings (SSSR count).